The largest absolute Gasteiger partial charge is 0.207 e. The predicted octanol–water partition coefficient (Wildman–Crippen LogP) is 5.02. The summed E-state index contributed by atoms with van der Waals surface area (Å²) in [5.74, 6) is -0.952. The Hall–Kier alpha value is -1.41. The molecule has 0 unspecified atom stereocenters. The first-order valence-electron chi connectivity index (χ1n) is 6.17. The highest BCUT2D eigenvalue weighted by molar-refractivity contribution is 6.31. The second kappa shape index (κ2) is 5.70. The molecule has 0 saturated carbocycles. The molecule has 19 heavy (non-hydrogen) atoms. The molecule has 0 N–H and O–H groups in total. The fourth-order valence-electron chi connectivity index (χ4n) is 2.03. The number of halogens is 3. The highest BCUT2D eigenvalue weighted by Gasteiger charge is 2.10. The van der Waals surface area contributed by atoms with Crippen LogP contribution in [0.15, 0.2) is 30.3 Å². The first-order valence-corrected chi connectivity index (χ1v) is 6.54. The van der Waals surface area contributed by atoms with Crippen LogP contribution in [0.4, 0.5) is 8.78 Å². The molecule has 0 amide bonds. The molecule has 0 aromatic heterocycles. The van der Waals surface area contributed by atoms with Gasteiger partial charge in [0.2, 0.25) is 0 Å². The molecule has 0 fully saturated rings. The van der Waals surface area contributed by atoms with E-state index in [-0.39, 0.29) is 5.56 Å². The molecule has 3 heteroatoms. The van der Waals surface area contributed by atoms with Crippen molar-refractivity contribution in [3.8, 4) is 0 Å². The Kier molecular flexibility index (Phi) is 4.20. The average Bonchev–Trinajstić information content (AvgIpc) is 2.32. The number of aryl methyl sites for hydroxylation is 3. The maximum absolute atomic E-state index is 13.7. The first kappa shape index (κ1) is 14.0. The van der Waals surface area contributed by atoms with Crippen molar-refractivity contribution in [2.45, 2.75) is 26.7 Å². The van der Waals surface area contributed by atoms with Crippen LogP contribution < -0.4 is 0 Å². The van der Waals surface area contributed by atoms with E-state index in [2.05, 4.69) is 0 Å². The summed E-state index contributed by atoms with van der Waals surface area (Å²) in [6.07, 6.45) is 0.897. The molecule has 0 aliphatic heterocycles. The smallest absolute Gasteiger partial charge is 0.129 e. The summed E-state index contributed by atoms with van der Waals surface area (Å²) < 4.78 is 27.4. The van der Waals surface area contributed by atoms with E-state index in [0.717, 1.165) is 11.1 Å². The van der Waals surface area contributed by atoms with Gasteiger partial charge in [0.05, 0.1) is 0 Å². The SMILES string of the molecule is Cc1cc(F)c(CCc2ccc(C)c(Cl)c2)c(F)c1. The number of hydrogen-bond acceptors (Lipinski definition) is 0. The summed E-state index contributed by atoms with van der Waals surface area (Å²) in [4.78, 5) is 0. The standard InChI is InChI=1S/C16H15ClF2/c1-10-7-15(18)13(16(19)8-10)6-5-12-4-3-11(2)14(17)9-12/h3-4,7-9H,5-6H2,1-2H3. The minimum Gasteiger partial charge on any atom is -0.207 e. The zero-order valence-corrected chi connectivity index (χ0v) is 11.7. The van der Waals surface area contributed by atoms with E-state index in [1.165, 1.54) is 12.1 Å². The van der Waals surface area contributed by atoms with Crippen molar-refractivity contribution < 1.29 is 8.78 Å². The molecule has 0 heterocycles. The van der Waals surface area contributed by atoms with E-state index in [1.54, 1.807) is 6.92 Å². The van der Waals surface area contributed by atoms with Crippen LogP contribution >= 0.6 is 11.6 Å². The van der Waals surface area contributed by atoms with Crippen molar-refractivity contribution in [2.24, 2.45) is 0 Å². The van der Waals surface area contributed by atoms with Gasteiger partial charge >= 0.3 is 0 Å². The Bertz CT molecular complexity index is 583. The zero-order chi connectivity index (χ0) is 14.0. The Labute approximate surface area is 117 Å². The zero-order valence-electron chi connectivity index (χ0n) is 10.9. The van der Waals surface area contributed by atoms with Gasteiger partial charge in [-0.1, -0.05) is 23.7 Å². The lowest BCUT2D eigenvalue weighted by atomic mass is 10.0. The summed E-state index contributed by atoms with van der Waals surface area (Å²) in [5.41, 5.74) is 2.72. The summed E-state index contributed by atoms with van der Waals surface area (Å²) in [5, 5.41) is 0.683. The van der Waals surface area contributed by atoms with E-state index in [4.69, 9.17) is 11.6 Å². The molecule has 2 aromatic carbocycles. The third-order valence-electron chi connectivity index (χ3n) is 3.19. The fourth-order valence-corrected chi connectivity index (χ4v) is 2.23. The monoisotopic (exact) mass is 280 g/mol. The van der Waals surface area contributed by atoms with Crippen LogP contribution in [0.25, 0.3) is 0 Å². The molecule has 0 spiro atoms. The molecule has 2 aromatic rings. The molecule has 0 aliphatic rings. The summed E-state index contributed by atoms with van der Waals surface area (Å²) in [6, 6.07) is 8.42. The molecular formula is C16H15ClF2. The fraction of sp³-hybridized carbons (Fsp3) is 0.250. The van der Waals surface area contributed by atoms with E-state index in [0.29, 0.717) is 23.4 Å². The average molecular weight is 281 g/mol. The van der Waals surface area contributed by atoms with E-state index in [9.17, 15) is 8.78 Å². The van der Waals surface area contributed by atoms with Crippen LogP contribution in [-0.4, -0.2) is 0 Å². The summed E-state index contributed by atoms with van der Waals surface area (Å²) in [7, 11) is 0. The lowest BCUT2D eigenvalue weighted by molar-refractivity contribution is 0.553. The van der Waals surface area contributed by atoms with Crippen LogP contribution in [0.5, 0.6) is 0 Å². The lowest BCUT2D eigenvalue weighted by Crippen LogP contribution is -2.00. The van der Waals surface area contributed by atoms with Crippen molar-refractivity contribution in [3.05, 3.63) is 69.2 Å². The Balaban J connectivity index is 2.16. The summed E-state index contributed by atoms with van der Waals surface area (Å²) >= 11 is 6.03. The van der Waals surface area contributed by atoms with Gasteiger partial charge < -0.3 is 0 Å². The molecule has 0 aliphatic carbocycles. The second-order valence-corrected chi connectivity index (χ2v) is 5.20. The minimum atomic E-state index is -0.476. The van der Waals surface area contributed by atoms with Gasteiger partial charge in [0.15, 0.2) is 0 Å². The Morgan fingerprint density at radius 3 is 2.16 bits per heavy atom. The van der Waals surface area contributed by atoms with E-state index >= 15 is 0 Å². The second-order valence-electron chi connectivity index (χ2n) is 4.79. The maximum atomic E-state index is 13.7. The van der Waals surface area contributed by atoms with Crippen molar-refractivity contribution in [3.63, 3.8) is 0 Å². The molecule has 0 bridgehead atoms. The van der Waals surface area contributed by atoms with Gasteiger partial charge in [0.1, 0.15) is 11.6 Å². The number of benzene rings is 2. The van der Waals surface area contributed by atoms with Crippen molar-refractivity contribution in [2.75, 3.05) is 0 Å². The third kappa shape index (κ3) is 3.32. The number of hydrogen-bond donors (Lipinski definition) is 0. The van der Waals surface area contributed by atoms with Gasteiger partial charge in [-0.2, -0.15) is 0 Å². The van der Waals surface area contributed by atoms with Crippen LogP contribution in [0.3, 0.4) is 0 Å². The number of rotatable bonds is 3. The first-order chi connectivity index (χ1) is 8.97. The molecular weight excluding hydrogens is 266 g/mol. The summed E-state index contributed by atoms with van der Waals surface area (Å²) in [6.45, 7) is 3.60. The molecule has 0 nitrogen and oxygen atoms in total. The van der Waals surface area contributed by atoms with Gasteiger partial charge in [-0.15, -0.1) is 0 Å². The highest BCUT2D eigenvalue weighted by Crippen LogP contribution is 2.20. The van der Waals surface area contributed by atoms with Crippen molar-refractivity contribution in [1.82, 2.24) is 0 Å². The third-order valence-corrected chi connectivity index (χ3v) is 3.59. The molecule has 0 atom stereocenters. The molecule has 2 rings (SSSR count). The predicted molar refractivity (Wildman–Crippen MR) is 74.7 cm³/mol. The highest BCUT2D eigenvalue weighted by atomic mass is 35.5. The Morgan fingerprint density at radius 1 is 0.947 bits per heavy atom. The van der Waals surface area contributed by atoms with Crippen LogP contribution in [-0.2, 0) is 12.8 Å². The van der Waals surface area contributed by atoms with Gasteiger partial charge in [-0.05, 0) is 61.6 Å². The van der Waals surface area contributed by atoms with Crippen molar-refractivity contribution >= 4 is 11.6 Å². The molecule has 0 saturated heterocycles. The van der Waals surface area contributed by atoms with Crippen molar-refractivity contribution in [1.29, 1.82) is 0 Å². The molecule has 100 valence electrons. The quantitative estimate of drug-likeness (QED) is 0.740. The maximum Gasteiger partial charge on any atom is 0.129 e. The molecule has 0 radical (unpaired) electrons. The van der Waals surface area contributed by atoms with Crippen LogP contribution in [0.1, 0.15) is 22.3 Å². The van der Waals surface area contributed by atoms with Crippen LogP contribution in [0.2, 0.25) is 5.02 Å². The van der Waals surface area contributed by atoms with Crippen LogP contribution in [0, 0.1) is 25.5 Å². The van der Waals surface area contributed by atoms with E-state index in [1.807, 2.05) is 25.1 Å². The van der Waals surface area contributed by atoms with Gasteiger partial charge in [-0.3, -0.25) is 0 Å². The van der Waals surface area contributed by atoms with Gasteiger partial charge in [-0.25, -0.2) is 8.78 Å². The van der Waals surface area contributed by atoms with E-state index < -0.39 is 11.6 Å². The minimum absolute atomic E-state index is 0.141. The normalized spacial score (nSPS) is 10.8. The van der Waals surface area contributed by atoms with Gasteiger partial charge in [0, 0.05) is 10.6 Å². The van der Waals surface area contributed by atoms with Gasteiger partial charge in [0.25, 0.3) is 0 Å². The Morgan fingerprint density at radius 2 is 1.58 bits per heavy atom. The topological polar surface area (TPSA) is 0 Å². The lowest BCUT2D eigenvalue weighted by Gasteiger charge is -2.07.